The first kappa shape index (κ1) is 18.9. The highest BCUT2D eigenvalue weighted by Crippen LogP contribution is 2.33. The van der Waals surface area contributed by atoms with Gasteiger partial charge in [-0.15, -0.1) is 0 Å². The van der Waals surface area contributed by atoms with Crippen LogP contribution in [0.5, 0.6) is 0 Å². The molecule has 0 saturated carbocycles. The summed E-state index contributed by atoms with van der Waals surface area (Å²) in [5.74, 6) is 0.608. The average Bonchev–Trinajstić information content (AvgIpc) is 3.01. The average molecular weight is 397 g/mol. The Bertz CT molecular complexity index is 1130. The lowest BCUT2D eigenvalue weighted by Crippen LogP contribution is -2.31. The number of benzene rings is 2. The number of nitrogens with zero attached hydrogens (tertiary/aromatic N) is 1. The van der Waals surface area contributed by atoms with Gasteiger partial charge in [-0.3, -0.25) is 0 Å². The first-order valence-corrected chi connectivity index (χ1v) is 11.0. The minimum absolute atomic E-state index is 0.202. The van der Waals surface area contributed by atoms with Crippen LogP contribution in [0.25, 0.3) is 11.3 Å². The van der Waals surface area contributed by atoms with Gasteiger partial charge < -0.3 is 4.52 Å². The summed E-state index contributed by atoms with van der Waals surface area (Å²) in [6.07, 6.45) is 2.77. The van der Waals surface area contributed by atoms with Gasteiger partial charge in [0.05, 0.1) is 10.6 Å². The monoisotopic (exact) mass is 396 g/mol. The normalized spacial score (nSPS) is 16.8. The summed E-state index contributed by atoms with van der Waals surface area (Å²) in [6, 6.07) is 13.2. The molecule has 1 aliphatic carbocycles. The van der Waals surface area contributed by atoms with Gasteiger partial charge in [-0.25, -0.2) is 13.1 Å². The summed E-state index contributed by atoms with van der Waals surface area (Å²) >= 11 is 0. The maximum atomic E-state index is 13.2. The van der Waals surface area contributed by atoms with Crippen LogP contribution >= 0.6 is 0 Å². The fraction of sp³-hybridized carbons (Fsp3) is 0.318. The number of aromatic nitrogens is 1. The standard InChI is InChI=1S/C22H24N2O3S/c1-14-11-12-18(22-15(2)16(3)23-27-22)13-21(14)28(25,26)24-20-10-6-8-17-7-4-5-9-19(17)20/h4-5,7,9,11-13,20,24H,6,8,10H2,1-3H3. The molecule has 1 aromatic heterocycles. The van der Waals surface area contributed by atoms with Gasteiger partial charge in [-0.1, -0.05) is 41.6 Å². The molecule has 1 N–H and O–H groups in total. The number of sulfonamides is 1. The lowest BCUT2D eigenvalue weighted by Gasteiger charge is -2.26. The number of rotatable bonds is 4. The fourth-order valence-electron chi connectivity index (χ4n) is 3.84. The second kappa shape index (κ2) is 7.18. The highest BCUT2D eigenvalue weighted by Gasteiger charge is 2.27. The summed E-state index contributed by atoms with van der Waals surface area (Å²) in [5, 5.41) is 3.99. The molecule has 1 aliphatic rings. The second-order valence-corrected chi connectivity index (χ2v) is 9.15. The van der Waals surface area contributed by atoms with Crippen molar-refractivity contribution in [2.75, 3.05) is 0 Å². The molecule has 4 rings (SSSR count). The third-order valence-electron chi connectivity index (χ3n) is 5.56. The molecule has 1 atom stereocenters. The summed E-state index contributed by atoms with van der Waals surface area (Å²) in [4.78, 5) is 0.279. The highest BCUT2D eigenvalue weighted by molar-refractivity contribution is 7.89. The van der Waals surface area contributed by atoms with Crippen LogP contribution in [-0.2, 0) is 16.4 Å². The van der Waals surface area contributed by atoms with Crippen molar-refractivity contribution < 1.29 is 12.9 Å². The van der Waals surface area contributed by atoms with Crippen molar-refractivity contribution in [3.05, 3.63) is 70.4 Å². The number of nitrogens with one attached hydrogen (secondary N) is 1. The maximum absolute atomic E-state index is 13.2. The topological polar surface area (TPSA) is 72.2 Å². The Kier molecular flexibility index (Phi) is 4.85. The zero-order valence-corrected chi connectivity index (χ0v) is 17.1. The van der Waals surface area contributed by atoms with Gasteiger partial charge in [-0.05, 0) is 62.8 Å². The van der Waals surface area contributed by atoms with Crippen LogP contribution in [0.3, 0.4) is 0 Å². The predicted octanol–water partition coefficient (Wildman–Crippen LogP) is 4.62. The Morgan fingerprint density at radius 3 is 2.64 bits per heavy atom. The molecule has 0 spiro atoms. The molecule has 3 aromatic rings. The Morgan fingerprint density at radius 1 is 1.11 bits per heavy atom. The van der Waals surface area contributed by atoms with Crippen molar-refractivity contribution in [2.24, 2.45) is 0 Å². The van der Waals surface area contributed by atoms with Crippen molar-refractivity contribution >= 4 is 10.0 Å². The molecule has 0 saturated heterocycles. The van der Waals surface area contributed by atoms with Gasteiger partial charge in [-0.2, -0.15) is 0 Å². The lowest BCUT2D eigenvalue weighted by atomic mass is 9.88. The van der Waals surface area contributed by atoms with Crippen molar-refractivity contribution in [2.45, 2.75) is 51.0 Å². The van der Waals surface area contributed by atoms with E-state index in [-0.39, 0.29) is 10.9 Å². The summed E-state index contributed by atoms with van der Waals surface area (Å²) in [6.45, 7) is 5.61. The molecule has 1 unspecified atom stereocenters. The van der Waals surface area contributed by atoms with Gasteiger partial charge in [0.25, 0.3) is 0 Å². The second-order valence-electron chi connectivity index (χ2n) is 7.47. The van der Waals surface area contributed by atoms with E-state index in [1.807, 2.05) is 51.1 Å². The van der Waals surface area contributed by atoms with Crippen molar-refractivity contribution in [3.8, 4) is 11.3 Å². The van der Waals surface area contributed by atoms with E-state index >= 15 is 0 Å². The zero-order valence-electron chi connectivity index (χ0n) is 16.3. The summed E-state index contributed by atoms with van der Waals surface area (Å²) in [7, 11) is -3.68. The Hall–Kier alpha value is -2.44. The Morgan fingerprint density at radius 2 is 1.89 bits per heavy atom. The van der Waals surface area contributed by atoms with E-state index in [0.717, 1.165) is 36.1 Å². The van der Waals surface area contributed by atoms with Crippen LogP contribution in [0.4, 0.5) is 0 Å². The first-order valence-electron chi connectivity index (χ1n) is 9.51. The van der Waals surface area contributed by atoms with Crippen molar-refractivity contribution in [1.29, 1.82) is 0 Å². The van der Waals surface area contributed by atoms with Gasteiger partial charge in [0.2, 0.25) is 10.0 Å². The van der Waals surface area contributed by atoms with E-state index < -0.39 is 10.0 Å². The molecular formula is C22H24N2O3S. The van der Waals surface area contributed by atoms with E-state index in [9.17, 15) is 8.42 Å². The molecule has 5 nitrogen and oxygen atoms in total. The van der Waals surface area contributed by atoms with Gasteiger partial charge in [0, 0.05) is 17.2 Å². The predicted molar refractivity (Wildman–Crippen MR) is 109 cm³/mol. The molecule has 0 radical (unpaired) electrons. The van der Waals surface area contributed by atoms with E-state index in [4.69, 9.17) is 4.52 Å². The minimum Gasteiger partial charge on any atom is -0.356 e. The van der Waals surface area contributed by atoms with Crippen LogP contribution in [0.1, 0.15) is 46.8 Å². The number of fused-ring (bicyclic) bond motifs is 1. The van der Waals surface area contributed by atoms with E-state index in [0.29, 0.717) is 16.9 Å². The van der Waals surface area contributed by atoms with Gasteiger partial charge in [0.1, 0.15) is 0 Å². The molecule has 2 aromatic carbocycles. The number of hydrogen-bond acceptors (Lipinski definition) is 4. The van der Waals surface area contributed by atoms with Crippen molar-refractivity contribution in [1.82, 2.24) is 9.88 Å². The van der Waals surface area contributed by atoms with Gasteiger partial charge >= 0.3 is 0 Å². The molecule has 146 valence electrons. The number of hydrogen-bond donors (Lipinski definition) is 1. The molecular weight excluding hydrogens is 372 g/mol. The summed E-state index contributed by atoms with van der Waals surface area (Å²) < 4.78 is 34.8. The molecule has 0 fully saturated rings. The smallest absolute Gasteiger partial charge is 0.241 e. The van der Waals surface area contributed by atoms with Gasteiger partial charge in [0.15, 0.2) is 5.76 Å². The molecule has 0 aliphatic heterocycles. The first-order chi connectivity index (χ1) is 13.4. The highest BCUT2D eigenvalue weighted by atomic mass is 32.2. The minimum atomic E-state index is -3.68. The third-order valence-corrected chi connectivity index (χ3v) is 7.18. The molecule has 0 amide bonds. The van der Waals surface area contributed by atoms with Crippen LogP contribution in [0.15, 0.2) is 51.9 Å². The van der Waals surface area contributed by atoms with E-state index in [1.165, 1.54) is 5.56 Å². The van der Waals surface area contributed by atoms with Crippen LogP contribution < -0.4 is 4.72 Å². The SMILES string of the molecule is Cc1ccc(-c2onc(C)c2C)cc1S(=O)(=O)NC1CCCc2ccccc21. The maximum Gasteiger partial charge on any atom is 0.241 e. The van der Waals surface area contributed by atoms with E-state index in [1.54, 1.807) is 6.07 Å². The largest absolute Gasteiger partial charge is 0.356 e. The Labute approximate surface area is 165 Å². The van der Waals surface area contributed by atoms with Crippen molar-refractivity contribution in [3.63, 3.8) is 0 Å². The fourth-order valence-corrected chi connectivity index (χ4v) is 5.36. The zero-order chi connectivity index (χ0) is 19.9. The van der Waals surface area contributed by atoms with E-state index in [2.05, 4.69) is 15.9 Å². The quantitative estimate of drug-likeness (QED) is 0.698. The third kappa shape index (κ3) is 3.38. The molecule has 28 heavy (non-hydrogen) atoms. The molecule has 6 heteroatoms. The molecule has 1 heterocycles. The molecule has 0 bridgehead atoms. The number of aryl methyl sites for hydroxylation is 3. The Balaban J connectivity index is 1.71. The lowest BCUT2D eigenvalue weighted by molar-refractivity contribution is 0.426. The van der Waals surface area contributed by atoms with Crippen LogP contribution in [-0.4, -0.2) is 13.6 Å². The van der Waals surface area contributed by atoms with Crippen LogP contribution in [0, 0.1) is 20.8 Å². The summed E-state index contributed by atoms with van der Waals surface area (Å²) in [5.41, 5.74) is 5.44. The van der Waals surface area contributed by atoms with Crippen LogP contribution in [0.2, 0.25) is 0 Å².